The number of carboxylic acid groups (broad SMARTS) is 1. The van der Waals surface area contributed by atoms with Crippen LogP contribution in [0.2, 0.25) is 0 Å². The van der Waals surface area contributed by atoms with Gasteiger partial charge in [-0.15, -0.1) is 0 Å². The standard InChI is InChI=1S/C20H29NO5/c1-25-18-7-3-2-6-16(18)13-17(20(23)24)14-21-19(22)8-4-5-15-9-11-26-12-10-15/h2-3,6-7,15,17H,4-5,8-14H2,1H3,(H,21,22)(H,23,24). The molecule has 1 aromatic carbocycles. The van der Waals surface area contributed by atoms with Crippen molar-refractivity contribution in [3.05, 3.63) is 29.8 Å². The number of carboxylic acids is 1. The Labute approximate surface area is 154 Å². The molecule has 1 saturated heterocycles. The number of rotatable bonds is 10. The predicted molar refractivity (Wildman–Crippen MR) is 98.2 cm³/mol. The van der Waals surface area contributed by atoms with Crippen LogP contribution in [0.3, 0.4) is 0 Å². The summed E-state index contributed by atoms with van der Waals surface area (Å²) < 4.78 is 10.6. The zero-order chi connectivity index (χ0) is 18.8. The van der Waals surface area contributed by atoms with Crippen molar-refractivity contribution in [2.45, 2.75) is 38.5 Å². The van der Waals surface area contributed by atoms with Crippen molar-refractivity contribution < 1.29 is 24.2 Å². The van der Waals surface area contributed by atoms with Gasteiger partial charge in [-0.2, -0.15) is 0 Å². The number of methoxy groups -OCH3 is 1. The first-order valence-electron chi connectivity index (χ1n) is 9.29. The summed E-state index contributed by atoms with van der Waals surface area (Å²) in [4.78, 5) is 23.6. The predicted octanol–water partition coefficient (Wildman–Crippen LogP) is 2.65. The molecule has 2 rings (SSSR count). The number of ether oxygens (including phenoxy) is 2. The van der Waals surface area contributed by atoms with Gasteiger partial charge in [-0.25, -0.2) is 0 Å². The molecule has 2 N–H and O–H groups in total. The van der Waals surface area contributed by atoms with Crippen molar-refractivity contribution in [3.8, 4) is 5.75 Å². The molecule has 1 aliphatic heterocycles. The topological polar surface area (TPSA) is 84.9 Å². The molecule has 6 nitrogen and oxygen atoms in total. The highest BCUT2D eigenvalue weighted by Gasteiger charge is 2.21. The molecule has 1 aromatic rings. The van der Waals surface area contributed by atoms with Crippen LogP contribution >= 0.6 is 0 Å². The highest BCUT2D eigenvalue weighted by Crippen LogP contribution is 2.22. The third-order valence-electron chi connectivity index (χ3n) is 4.91. The number of carbonyl (C=O) groups excluding carboxylic acids is 1. The first-order chi connectivity index (χ1) is 12.6. The van der Waals surface area contributed by atoms with Gasteiger partial charge in [-0.3, -0.25) is 9.59 Å². The van der Waals surface area contributed by atoms with Crippen LogP contribution in [-0.2, 0) is 20.7 Å². The molecule has 1 aliphatic rings. The molecule has 0 radical (unpaired) electrons. The van der Waals surface area contributed by atoms with Crippen LogP contribution in [-0.4, -0.2) is 43.9 Å². The fraction of sp³-hybridized carbons (Fsp3) is 0.600. The molecule has 0 bridgehead atoms. The maximum Gasteiger partial charge on any atom is 0.308 e. The lowest BCUT2D eigenvalue weighted by atomic mass is 9.94. The number of aliphatic carboxylic acids is 1. The second-order valence-corrected chi connectivity index (χ2v) is 6.80. The summed E-state index contributed by atoms with van der Waals surface area (Å²) in [5, 5.41) is 12.2. The van der Waals surface area contributed by atoms with E-state index in [1.807, 2.05) is 24.3 Å². The number of nitrogens with one attached hydrogen (secondary N) is 1. The van der Waals surface area contributed by atoms with Crippen LogP contribution in [0.1, 0.15) is 37.7 Å². The molecule has 1 amide bonds. The SMILES string of the molecule is COc1ccccc1CC(CNC(=O)CCCC1CCOCC1)C(=O)O. The maximum atomic E-state index is 12.0. The van der Waals surface area contributed by atoms with E-state index in [0.717, 1.165) is 44.5 Å². The molecule has 0 saturated carbocycles. The third-order valence-corrected chi connectivity index (χ3v) is 4.91. The van der Waals surface area contributed by atoms with Crippen molar-refractivity contribution in [1.29, 1.82) is 0 Å². The second-order valence-electron chi connectivity index (χ2n) is 6.80. The van der Waals surface area contributed by atoms with Crippen molar-refractivity contribution in [2.24, 2.45) is 11.8 Å². The lowest BCUT2D eigenvalue weighted by Gasteiger charge is -2.21. The quantitative estimate of drug-likeness (QED) is 0.668. The van der Waals surface area contributed by atoms with E-state index in [1.54, 1.807) is 7.11 Å². The van der Waals surface area contributed by atoms with Crippen LogP contribution < -0.4 is 10.1 Å². The second kappa shape index (κ2) is 10.8. The molecular formula is C20H29NO5. The van der Waals surface area contributed by atoms with E-state index in [-0.39, 0.29) is 12.5 Å². The van der Waals surface area contributed by atoms with Crippen LogP contribution in [0.15, 0.2) is 24.3 Å². The lowest BCUT2D eigenvalue weighted by molar-refractivity contribution is -0.141. The van der Waals surface area contributed by atoms with E-state index in [1.165, 1.54) is 0 Å². The summed E-state index contributed by atoms with van der Waals surface area (Å²) in [6.07, 6.45) is 4.77. The van der Waals surface area contributed by atoms with Crippen molar-refractivity contribution in [3.63, 3.8) is 0 Å². The zero-order valence-corrected chi connectivity index (χ0v) is 15.4. The summed E-state index contributed by atoms with van der Waals surface area (Å²) in [6, 6.07) is 7.36. The zero-order valence-electron chi connectivity index (χ0n) is 15.4. The summed E-state index contributed by atoms with van der Waals surface area (Å²) in [6.45, 7) is 1.77. The Morgan fingerprint density at radius 2 is 2.04 bits per heavy atom. The van der Waals surface area contributed by atoms with E-state index in [2.05, 4.69) is 5.32 Å². The van der Waals surface area contributed by atoms with Crippen LogP contribution in [0.5, 0.6) is 5.75 Å². The Balaban J connectivity index is 1.74. The summed E-state index contributed by atoms with van der Waals surface area (Å²) in [7, 11) is 1.56. The molecule has 1 heterocycles. The Morgan fingerprint density at radius 3 is 2.73 bits per heavy atom. The van der Waals surface area contributed by atoms with Gasteiger partial charge >= 0.3 is 5.97 Å². The fourth-order valence-corrected chi connectivity index (χ4v) is 3.30. The molecule has 26 heavy (non-hydrogen) atoms. The van der Waals surface area contributed by atoms with Crippen LogP contribution in [0.4, 0.5) is 0 Å². The first kappa shape index (κ1) is 20.2. The lowest BCUT2D eigenvalue weighted by Crippen LogP contribution is -2.34. The first-order valence-corrected chi connectivity index (χ1v) is 9.29. The van der Waals surface area contributed by atoms with Crippen molar-refractivity contribution in [1.82, 2.24) is 5.32 Å². The number of hydrogen-bond donors (Lipinski definition) is 2. The Hall–Kier alpha value is -2.08. The smallest absolute Gasteiger partial charge is 0.308 e. The molecule has 1 unspecified atom stereocenters. The van der Waals surface area contributed by atoms with Gasteiger partial charge in [0.05, 0.1) is 13.0 Å². The highest BCUT2D eigenvalue weighted by atomic mass is 16.5. The van der Waals surface area contributed by atoms with E-state index >= 15 is 0 Å². The minimum Gasteiger partial charge on any atom is -0.496 e. The van der Waals surface area contributed by atoms with E-state index in [4.69, 9.17) is 9.47 Å². The summed E-state index contributed by atoms with van der Waals surface area (Å²) in [5.41, 5.74) is 0.830. The van der Waals surface area contributed by atoms with E-state index in [9.17, 15) is 14.7 Å². The number of carbonyl (C=O) groups is 2. The minimum atomic E-state index is -0.918. The van der Waals surface area contributed by atoms with Crippen LogP contribution in [0, 0.1) is 11.8 Å². The van der Waals surface area contributed by atoms with Crippen LogP contribution in [0.25, 0.3) is 0 Å². The van der Waals surface area contributed by atoms with Gasteiger partial charge in [0, 0.05) is 26.2 Å². The Bertz CT molecular complexity index is 583. The van der Waals surface area contributed by atoms with E-state index < -0.39 is 11.9 Å². The van der Waals surface area contributed by atoms with Gasteiger partial charge in [0.25, 0.3) is 0 Å². The average molecular weight is 363 g/mol. The molecule has 0 spiro atoms. The molecule has 1 atom stereocenters. The number of para-hydroxylation sites is 1. The van der Waals surface area contributed by atoms with Crippen molar-refractivity contribution >= 4 is 11.9 Å². The van der Waals surface area contributed by atoms with Gasteiger partial charge in [0.1, 0.15) is 5.75 Å². The number of amides is 1. The molecule has 144 valence electrons. The summed E-state index contributed by atoms with van der Waals surface area (Å²) in [5.74, 6) is -0.358. The number of hydrogen-bond acceptors (Lipinski definition) is 4. The molecular weight excluding hydrogens is 334 g/mol. The Morgan fingerprint density at radius 1 is 1.31 bits per heavy atom. The normalized spacial score (nSPS) is 16.0. The monoisotopic (exact) mass is 363 g/mol. The fourth-order valence-electron chi connectivity index (χ4n) is 3.30. The molecule has 0 aliphatic carbocycles. The summed E-state index contributed by atoms with van der Waals surface area (Å²) >= 11 is 0. The molecule has 1 fully saturated rings. The highest BCUT2D eigenvalue weighted by molar-refractivity contribution is 5.77. The van der Waals surface area contributed by atoms with Crippen molar-refractivity contribution in [2.75, 3.05) is 26.9 Å². The largest absolute Gasteiger partial charge is 0.496 e. The van der Waals surface area contributed by atoms with Gasteiger partial charge < -0.3 is 19.9 Å². The van der Waals surface area contributed by atoms with E-state index in [0.29, 0.717) is 24.5 Å². The minimum absolute atomic E-state index is 0.0802. The third kappa shape index (κ3) is 6.67. The average Bonchev–Trinajstić information content (AvgIpc) is 2.66. The molecule has 0 aromatic heterocycles. The van der Waals surface area contributed by atoms with Gasteiger partial charge in [-0.1, -0.05) is 18.2 Å². The van der Waals surface area contributed by atoms with Gasteiger partial charge in [-0.05, 0) is 49.7 Å². The van der Waals surface area contributed by atoms with Gasteiger partial charge in [0.15, 0.2) is 0 Å². The van der Waals surface area contributed by atoms with Gasteiger partial charge in [0.2, 0.25) is 5.91 Å². The molecule has 6 heteroatoms. The maximum absolute atomic E-state index is 12.0. The Kier molecular flexibility index (Phi) is 8.41. The number of benzene rings is 1.